The fraction of sp³-hybridized carbons (Fsp3) is 0.0769. The minimum absolute atomic E-state index is 0.249. The van der Waals surface area contributed by atoms with Crippen molar-refractivity contribution in [1.82, 2.24) is 9.55 Å². The predicted molar refractivity (Wildman–Crippen MR) is 64.1 cm³/mol. The summed E-state index contributed by atoms with van der Waals surface area (Å²) in [6.07, 6.45) is 3.22. The van der Waals surface area contributed by atoms with Gasteiger partial charge in [-0.05, 0) is 11.6 Å². The third-order valence-electron chi connectivity index (χ3n) is 2.32. The van der Waals surface area contributed by atoms with Gasteiger partial charge >= 0.3 is 5.69 Å². The van der Waals surface area contributed by atoms with E-state index in [1.54, 1.807) is 10.6 Å². The van der Waals surface area contributed by atoms with E-state index in [1.807, 2.05) is 36.4 Å². The second-order valence-corrected chi connectivity index (χ2v) is 3.38. The zero-order valence-corrected chi connectivity index (χ0v) is 8.84. The topological polar surface area (TPSA) is 34.9 Å². The summed E-state index contributed by atoms with van der Waals surface area (Å²) >= 11 is 0. The first-order valence-electron chi connectivity index (χ1n) is 5.05. The van der Waals surface area contributed by atoms with Gasteiger partial charge in [-0.25, -0.2) is 9.78 Å². The van der Waals surface area contributed by atoms with Crippen molar-refractivity contribution in [2.24, 2.45) is 0 Å². The van der Waals surface area contributed by atoms with Crippen LogP contribution in [0.5, 0.6) is 0 Å². The Bertz CT molecular complexity index is 543. The van der Waals surface area contributed by atoms with Gasteiger partial charge in [0.05, 0.1) is 5.69 Å². The zero-order chi connectivity index (χ0) is 11.4. The molecule has 0 saturated heterocycles. The van der Waals surface area contributed by atoms with Gasteiger partial charge in [-0.2, -0.15) is 0 Å². The Morgan fingerprint density at radius 2 is 2.00 bits per heavy atom. The molecular formula is C13H12N2O. The Morgan fingerprint density at radius 3 is 2.69 bits per heavy atom. The van der Waals surface area contributed by atoms with Gasteiger partial charge in [0.1, 0.15) is 0 Å². The van der Waals surface area contributed by atoms with Crippen LogP contribution < -0.4 is 5.69 Å². The van der Waals surface area contributed by atoms with Crippen molar-refractivity contribution in [1.29, 1.82) is 0 Å². The van der Waals surface area contributed by atoms with Crippen LogP contribution in [-0.2, 0) is 6.54 Å². The molecule has 0 bridgehead atoms. The summed E-state index contributed by atoms with van der Waals surface area (Å²) in [6, 6.07) is 11.6. The highest BCUT2D eigenvalue weighted by molar-refractivity contribution is 5.58. The first-order valence-corrected chi connectivity index (χ1v) is 5.05. The van der Waals surface area contributed by atoms with Crippen LogP contribution in [0.3, 0.4) is 0 Å². The smallest absolute Gasteiger partial charge is 0.288 e. The maximum atomic E-state index is 11.6. The number of rotatable bonds is 3. The average molecular weight is 212 g/mol. The molecule has 0 aliphatic carbocycles. The van der Waals surface area contributed by atoms with Gasteiger partial charge in [0.15, 0.2) is 0 Å². The van der Waals surface area contributed by atoms with E-state index in [0.717, 1.165) is 11.3 Å². The molecule has 0 aliphatic heterocycles. The van der Waals surface area contributed by atoms with Crippen molar-refractivity contribution in [2.45, 2.75) is 6.54 Å². The van der Waals surface area contributed by atoms with Gasteiger partial charge in [0.25, 0.3) is 0 Å². The maximum Gasteiger partial charge on any atom is 0.348 e. The van der Waals surface area contributed by atoms with Crippen LogP contribution in [0.15, 0.2) is 60.0 Å². The second-order valence-electron chi connectivity index (χ2n) is 3.38. The van der Waals surface area contributed by atoms with E-state index >= 15 is 0 Å². The van der Waals surface area contributed by atoms with Crippen LogP contribution in [-0.4, -0.2) is 9.55 Å². The molecule has 16 heavy (non-hydrogen) atoms. The van der Waals surface area contributed by atoms with Crippen molar-refractivity contribution < 1.29 is 0 Å². The summed E-state index contributed by atoms with van der Waals surface area (Å²) in [5, 5.41) is 0. The molecule has 0 unspecified atom stereocenters. The standard InChI is InChI=1S/C13H12N2O/c1-2-10-15-12(8-9-14-13(15)16)11-6-4-3-5-7-11/h2-9H,1,10H2. The largest absolute Gasteiger partial charge is 0.348 e. The van der Waals surface area contributed by atoms with E-state index in [1.165, 1.54) is 6.20 Å². The van der Waals surface area contributed by atoms with Gasteiger partial charge in [0, 0.05) is 12.7 Å². The normalized spacial score (nSPS) is 10.0. The summed E-state index contributed by atoms with van der Waals surface area (Å²) < 4.78 is 1.60. The van der Waals surface area contributed by atoms with Crippen LogP contribution in [0.25, 0.3) is 11.3 Å². The summed E-state index contributed by atoms with van der Waals surface area (Å²) in [5.41, 5.74) is 1.62. The number of benzene rings is 1. The van der Waals surface area contributed by atoms with E-state index in [9.17, 15) is 4.79 Å². The molecule has 3 nitrogen and oxygen atoms in total. The summed E-state index contributed by atoms with van der Waals surface area (Å²) in [7, 11) is 0. The first kappa shape index (κ1) is 10.4. The Kier molecular flexibility index (Phi) is 2.96. The highest BCUT2D eigenvalue weighted by atomic mass is 16.1. The minimum atomic E-state index is -0.249. The van der Waals surface area contributed by atoms with Crippen molar-refractivity contribution in [3.8, 4) is 11.3 Å². The van der Waals surface area contributed by atoms with Crippen LogP contribution >= 0.6 is 0 Å². The molecule has 3 heteroatoms. The predicted octanol–water partition coefficient (Wildman–Crippen LogP) is 2.10. The summed E-state index contributed by atoms with van der Waals surface area (Å²) in [6.45, 7) is 4.11. The number of nitrogens with zero attached hydrogens (tertiary/aromatic N) is 2. The molecule has 0 N–H and O–H groups in total. The van der Waals surface area contributed by atoms with Gasteiger partial charge < -0.3 is 0 Å². The molecule has 1 aromatic carbocycles. The minimum Gasteiger partial charge on any atom is -0.288 e. The highest BCUT2D eigenvalue weighted by Gasteiger charge is 2.04. The number of allylic oxidation sites excluding steroid dienone is 1. The van der Waals surface area contributed by atoms with Crippen LogP contribution in [0.1, 0.15) is 0 Å². The number of hydrogen-bond acceptors (Lipinski definition) is 2. The lowest BCUT2D eigenvalue weighted by Gasteiger charge is -2.09. The van der Waals surface area contributed by atoms with Crippen molar-refractivity contribution >= 4 is 0 Å². The van der Waals surface area contributed by atoms with Crippen LogP contribution in [0.4, 0.5) is 0 Å². The quantitative estimate of drug-likeness (QED) is 0.730. The Labute approximate surface area is 93.7 Å². The lowest BCUT2D eigenvalue weighted by Crippen LogP contribution is -2.23. The third kappa shape index (κ3) is 1.93. The van der Waals surface area contributed by atoms with Crippen molar-refractivity contribution in [3.05, 3.63) is 65.7 Å². The van der Waals surface area contributed by atoms with Crippen molar-refractivity contribution in [2.75, 3.05) is 0 Å². The van der Waals surface area contributed by atoms with Crippen molar-refractivity contribution in [3.63, 3.8) is 0 Å². The molecule has 0 saturated carbocycles. The van der Waals surface area contributed by atoms with Crippen LogP contribution in [0.2, 0.25) is 0 Å². The lowest BCUT2D eigenvalue weighted by atomic mass is 10.1. The van der Waals surface area contributed by atoms with Gasteiger partial charge in [-0.1, -0.05) is 36.4 Å². The summed E-state index contributed by atoms with van der Waals surface area (Å²) in [5.74, 6) is 0. The van der Waals surface area contributed by atoms with E-state index < -0.39 is 0 Å². The van der Waals surface area contributed by atoms with Gasteiger partial charge in [0.2, 0.25) is 0 Å². The Morgan fingerprint density at radius 1 is 1.25 bits per heavy atom. The van der Waals surface area contributed by atoms with E-state index in [4.69, 9.17) is 0 Å². The first-order chi connectivity index (χ1) is 7.83. The maximum absolute atomic E-state index is 11.6. The third-order valence-corrected chi connectivity index (χ3v) is 2.32. The molecule has 0 amide bonds. The second kappa shape index (κ2) is 4.57. The fourth-order valence-corrected chi connectivity index (χ4v) is 1.60. The molecule has 80 valence electrons. The number of hydrogen-bond donors (Lipinski definition) is 0. The number of aromatic nitrogens is 2. The molecule has 0 aliphatic rings. The summed E-state index contributed by atoms with van der Waals surface area (Å²) in [4.78, 5) is 15.4. The molecule has 2 aromatic rings. The Balaban J connectivity index is 2.61. The molecular weight excluding hydrogens is 200 g/mol. The molecule has 0 radical (unpaired) electrons. The van der Waals surface area contributed by atoms with Crippen LogP contribution in [0, 0.1) is 0 Å². The van der Waals surface area contributed by atoms with E-state index in [0.29, 0.717) is 6.54 Å². The van der Waals surface area contributed by atoms with E-state index in [2.05, 4.69) is 11.6 Å². The average Bonchev–Trinajstić information content (AvgIpc) is 2.33. The molecule has 2 rings (SSSR count). The Hall–Kier alpha value is -2.16. The molecule has 1 heterocycles. The molecule has 0 fully saturated rings. The molecule has 0 atom stereocenters. The monoisotopic (exact) mass is 212 g/mol. The van der Waals surface area contributed by atoms with Gasteiger partial charge in [-0.15, -0.1) is 6.58 Å². The molecule has 1 aromatic heterocycles. The molecule has 0 spiro atoms. The van der Waals surface area contributed by atoms with Gasteiger partial charge in [-0.3, -0.25) is 4.57 Å². The lowest BCUT2D eigenvalue weighted by molar-refractivity contribution is 0.753. The zero-order valence-electron chi connectivity index (χ0n) is 8.84. The SMILES string of the molecule is C=CCn1c(-c2ccccc2)ccnc1=O. The fourth-order valence-electron chi connectivity index (χ4n) is 1.60. The highest BCUT2D eigenvalue weighted by Crippen LogP contribution is 2.16. The van der Waals surface area contributed by atoms with E-state index in [-0.39, 0.29) is 5.69 Å².